The number of benzene rings is 4. The Hall–Kier alpha value is -6.58. The van der Waals surface area contributed by atoms with Gasteiger partial charge in [0.25, 0.3) is 0 Å². The highest BCUT2D eigenvalue weighted by molar-refractivity contribution is 6.06. The SMILES string of the molecule is CC(C)N=C(N)N=C(N)c1cccc(-c2ccc(-c3cccc(C(N)=NC(N)=NC(C)C)c3)o2)c1.Cl.Cl.Cl.Cl.N=C(N)c1cccc(-c2ccc(-c3cccc(C(=N)N)c3)o2)c1. The maximum Gasteiger partial charge on any atom is 0.217 e. The minimum atomic E-state index is 0. The van der Waals surface area contributed by atoms with Gasteiger partial charge in [-0.15, -0.1) is 49.6 Å². The number of amidine groups is 4. The highest BCUT2D eigenvalue weighted by Gasteiger charge is 2.12. The smallest absolute Gasteiger partial charge is 0.217 e. The van der Waals surface area contributed by atoms with Crippen molar-refractivity contribution in [1.29, 1.82) is 10.8 Å². The van der Waals surface area contributed by atoms with Gasteiger partial charge in [-0.3, -0.25) is 10.8 Å². The third-order valence-electron chi connectivity index (χ3n) is 8.26. The van der Waals surface area contributed by atoms with Gasteiger partial charge in [-0.1, -0.05) is 72.8 Å². The number of nitrogens with one attached hydrogen (secondary N) is 2. The summed E-state index contributed by atoms with van der Waals surface area (Å²) in [5, 5.41) is 15.0. The predicted octanol–water partition coefficient (Wildman–Crippen LogP) is 8.34. The van der Waals surface area contributed by atoms with Crippen LogP contribution in [0.3, 0.4) is 0 Å². The van der Waals surface area contributed by atoms with Gasteiger partial charge in [-0.2, -0.15) is 9.98 Å². The molecule has 0 amide bonds. The van der Waals surface area contributed by atoms with Gasteiger partial charge in [0.1, 0.15) is 46.4 Å². The molecule has 0 saturated carbocycles. The maximum absolute atomic E-state index is 7.51. The number of hydrogen-bond acceptors (Lipinski definition) is 6. The predicted molar refractivity (Wildman–Crippen MR) is 265 cm³/mol. The Morgan fingerprint density at radius 3 is 0.935 bits per heavy atom. The Bertz CT molecular complexity index is 2390. The molecule has 14 N–H and O–H groups in total. The molecule has 6 rings (SSSR count). The molecule has 0 unspecified atom stereocenters. The molecule has 0 saturated heterocycles. The molecule has 4 aromatic carbocycles. The van der Waals surface area contributed by atoms with Gasteiger partial charge < -0.3 is 43.2 Å². The molecule has 62 heavy (non-hydrogen) atoms. The fraction of sp³-hybridized carbons (Fsp3) is 0.136. The van der Waals surface area contributed by atoms with Gasteiger partial charge in [-0.25, -0.2) is 9.98 Å². The molecule has 0 radical (unpaired) electrons. The highest BCUT2D eigenvalue weighted by Crippen LogP contribution is 2.31. The van der Waals surface area contributed by atoms with Crippen molar-refractivity contribution >= 4 is 84.9 Å². The number of nitrogens with two attached hydrogens (primary N) is 6. The minimum absolute atomic E-state index is 0. The van der Waals surface area contributed by atoms with Crippen molar-refractivity contribution < 1.29 is 8.83 Å². The molecule has 0 aliphatic rings. The summed E-state index contributed by atoms with van der Waals surface area (Å²) in [6.07, 6.45) is 0. The number of aliphatic imine (C=N–C) groups is 4. The van der Waals surface area contributed by atoms with E-state index in [9.17, 15) is 0 Å². The normalized spacial score (nSPS) is 11.6. The molecule has 0 fully saturated rings. The Labute approximate surface area is 385 Å². The standard InChI is InChI=1S/C26H32N8O.C18H16N4O.4ClH/c1-15(2)31-25(29)33-23(27)19-9-5-7-17(13-19)21-11-12-22(35-21)18-8-6-10-20(14-18)24(28)34-26(30)32-16(3)4;19-17(20)13-5-1-3-11(9-13)15-7-8-16(23-15)12-4-2-6-14(10-12)18(21)22;;;;/h5-16H,1-4H3,(H4,27,29,31,33)(H4,28,30,32,34);1-10H,(H3,19,20)(H3,21,22);4*1H. The number of nitrogen functional groups attached to an aromatic ring is 2. The first-order valence-corrected chi connectivity index (χ1v) is 18.3. The zero-order chi connectivity index (χ0) is 41.9. The van der Waals surface area contributed by atoms with Crippen LogP contribution >= 0.6 is 49.6 Å². The molecule has 18 heteroatoms. The van der Waals surface area contributed by atoms with Crippen LogP contribution in [0.15, 0.2) is 150 Å². The van der Waals surface area contributed by atoms with Crippen LogP contribution < -0.4 is 34.4 Å². The zero-order valence-corrected chi connectivity index (χ0v) is 37.7. The van der Waals surface area contributed by atoms with Gasteiger partial charge in [0, 0.05) is 56.6 Å². The van der Waals surface area contributed by atoms with Gasteiger partial charge in [0.05, 0.1) is 0 Å². The van der Waals surface area contributed by atoms with Gasteiger partial charge in [0.2, 0.25) is 11.9 Å². The van der Waals surface area contributed by atoms with Crippen molar-refractivity contribution in [2.24, 2.45) is 54.4 Å². The van der Waals surface area contributed by atoms with E-state index in [-0.39, 0.29) is 97.0 Å². The van der Waals surface area contributed by atoms with Crippen molar-refractivity contribution in [2.75, 3.05) is 0 Å². The Morgan fingerprint density at radius 1 is 0.419 bits per heavy atom. The van der Waals surface area contributed by atoms with Crippen molar-refractivity contribution in [3.63, 3.8) is 0 Å². The average molecular weight is 923 g/mol. The number of rotatable bonds is 10. The fourth-order valence-electron chi connectivity index (χ4n) is 5.60. The fourth-order valence-corrected chi connectivity index (χ4v) is 5.60. The monoisotopic (exact) mass is 920 g/mol. The number of guanidine groups is 2. The highest BCUT2D eigenvalue weighted by atomic mass is 35.5. The van der Waals surface area contributed by atoms with Crippen molar-refractivity contribution in [3.8, 4) is 45.3 Å². The topological polar surface area (TPSA) is 280 Å². The van der Waals surface area contributed by atoms with E-state index >= 15 is 0 Å². The molecule has 0 atom stereocenters. The summed E-state index contributed by atoms with van der Waals surface area (Å²) in [6, 6.07) is 37.4. The van der Waals surface area contributed by atoms with E-state index in [0.717, 1.165) is 22.3 Å². The lowest BCUT2D eigenvalue weighted by atomic mass is 10.1. The molecule has 2 aromatic heterocycles. The number of halogens is 4. The van der Waals surface area contributed by atoms with Crippen molar-refractivity contribution in [1.82, 2.24) is 0 Å². The summed E-state index contributed by atoms with van der Waals surface area (Å²) >= 11 is 0. The maximum atomic E-state index is 7.51. The van der Waals surface area contributed by atoms with Crippen LogP contribution in [0.5, 0.6) is 0 Å². The van der Waals surface area contributed by atoms with Crippen LogP contribution in [0.25, 0.3) is 45.3 Å². The second-order valence-corrected chi connectivity index (χ2v) is 13.6. The molecular formula is C44H52Cl4N12O2. The quantitative estimate of drug-likeness (QED) is 0.0487. The lowest BCUT2D eigenvalue weighted by Gasteiger charge is -2.05. The van der Waals surface area contributed by atoms with E-state index in [1.54, 1.807) is 12.1 Å². The summed E-state index contributed by atoms with van der Waals surface area (Å²) in [4.78, 5) is 16.7. The second kappa shape index (κ2) is 24.6. The third-order valence-corrected chi connectivity index (χ3v) is 8.26. The summed E-state index contributed by atoms with van der Waals surface area (Å²) in [5.41, 5.74) is 41.2. The first kappa shape index (κ1) is 53.4. The first-order valence-electron chi connectivity index (χ1n) is 18.3. The second-order valence-electron chi connectivity index (χ2n) is 13.6. The Kier molecular flexibility index (Phi) is 21.2. The molecule has 0 aliphatic heterocycles. The number of hydrogen-bond donors (Lipinski definition) is 8. The van der Waals surface area contributed by atoms with Crippen LogP contribution in [-0.2, 0) is 0 Å². The molecule has 2 heterocycles. The summed E-state index contributed by atoms with van der Waals surface area (Å²) in [7, 11) is 0. The molecule has 14 nitrogen and oxygen atoms in total. The van der Waals surface area contributed by atoms with Crippen LogP contribution in [-0.4, -0.2) is 47.3 Å². The lowest BCUT2D eigenvalue weighted by molar-refractivity contribution is 0.597. The minimum Gasteiger partial charge on any atom is -0.456 e. The molecule has 0 aliphatic carbocycles. The van der Waals surface area contributed by atoms with E-state index in [0.29, 0.717) is 45.3 Å². The van der Waals surface area contributed by atoms with E-state index in [2.05, 4.69) is 20.0 Å². The first-order chi connectivity index (χ1) is 27.7. The summed E-state index contributed by atoms with van der Waals surface area (Å²) in [6.45, 7) is 7.67. The Morgan fingerprint density at radius 2 is 0.677 bits per heavy atom. The van der Waals surface area contributed by atoms with Gasteiger partial charge in [-0.05, 0) is 76.2 Å². The average Bonchev–Trinajstić information content (AvgIpc) is 3.89. The van der Waals surface area contributed by atoms with Crippen LogP contribution in [0.4, 0.5) is 0 Å². The molecule has 6 aromatic rings. The largest absolute Gasteiger partial charge is 0.456 e. The summed E-state index contributed by atoms with van der Waals surface area (Å²) in [5.74, 6) is 3.63. The molecule has 0 bridgehead atoms. The van der Waals surface area contributed by atoms with Crippen molar-refractivity contribution in [3.05, 3.63) is 144 Å². The lowest BCUT2D eigenvalue weighted by Crippen LogP contribution is -2.20. The van der Waals surface area contributed by atoms with Gasteiger partial charge >= 0.3 is 0 Å². The third kappa shape index (κ3) is 14.9. The molecule has 0 spiro atoms. The van der Waals surface area contributed by atoms with E-state index < -0.39 is 0 Å². The van der Waals surface area contributed by atoms with Gasteiger partial charge in [0.15, 0.2) is 0 Å². The van der Waals surface area contributed by atoms with E-state index in [1.165, 1.54) is 0 Å². The number of nitrogens with zero attached hydrogens (tertiary/aromatic N) is 4. The zero-order valence-electron chi connectivity index (χ0n) is 34.4. The Balaban J connectivity index is 0.000000624. The van der Waals surface area contributed by atoms with Crippen LogP contribution in [0.1, 0.15) is 49.9 Å². The van der Waals surface area contributed by atoms with Crippen molar-refractivity contribution in [2.45, 2.75) is 39.8 Å². The summed E-state index contributed by atoms with van der Waals surface area (Å²) < 4.78 is 12.0. The van der Waals surface area contributed by atoms with Crippen LogP contribution in [0.2, 0.25) is 0 Å². The van der Waals surface area contributed by atoms with Crippen LogP contribution in [0, 0.1) is 10.8 Å². The number of furan rings is 2. The molecule has 328 valence electrons. The molecular weight excluding hydrogens is 870 g/mol. The van der Waals surface area contributed by atoms with E-state index in [4.69, 9.17) is 54.1 Å². The van der Waals surface area contributed by atoms with E-state index in [1.807, 2.05) is 137 Å².